The van der Waals surface area contributed by atoms with Crippen molar-refractivity contribution in [3.05, 3.63) is 47.4 Å². The molecule has 0 aliphatic carbocycles. The van der Waals surface area contributed by atoms with E-state index in [1.807, 2.05) is 0 Å². The highest BCUT2D eigenvalue weighted by Gasteiger charge is 2.13. The van der Waals surface area contributed by atoms with Crippen LogP contribution in [0, 0.1) is 17.1 Å². The number of methoxy groups -OCH3 is 1. The molecular formula is C14H10FN3O3. The summed E-state index contributed by atoms with van der Waals surface area (Å²) in [7, 11) is 1.22. The zero-order chi connectivity index (χ0) is 15.4. The normalized spacial score (nSPS) is 9.76. The molecular weight excluding hydrogens is 277 g/mol. The molecule has 0 radical (unpaired) electrons. The molecule has 0 aliphatic heterocycles. The molecule has 0 amide bonds. The number of rotatable bonds is 3. The number of halogens is 1. The zero-order valence-corrected chi connectivity index (χ0v) is 11.0. The van der Waals surface area contributed by atoms with Gasteiger partial charge in [-0.3, -0.25) is 0 Å². The number of benzene rings is 1. The summed E-state index contributed by atoms with van der Waals surface area (Å²) >= 11 is 0. The molecule has 2 N–H and O–H groups in total. The van der Waals surface area contributed by atoms with Crippen LogP contribution in [0.25, 0.3) is 0 Å². The third kappa shape index (κ3) is 3.06. The second kappa shape index (κ2) is 5.88. The summed E-state index contributed by atoms with van der Waals surface area (Å²) in [6.07, 6.45) is 0. The summed E-state index contributed by atoms with van der Waals surface area (Å²) in [4.78, 5) is 15.3. The maximum absolute atomic E-state index is 13.5. The van der Waals surface area contributed by atoms with Crippen molar-refractivity contribution in [2.24, 2.45) is 0 Å². The Kier molecular flexibility index (Phi) is 4.00. The van der Waals surface area contributed by atoms with E-state index in [0.717, 1.165) is 6.07 Å². The van der Waals surface area contributed by atoms with Gasteiger partial charge in [0.25, 0.3) is 0 Å². The number of nitrogens with zero attached hydrogens (tertiary/aromatic N) is 2. The number of carbonyl (C=O) groups is 1. The third-order valence-electron chi connectivity index (χ3n) is 2.56. The highest BCUT2D eigenvalue weighted by molar-refractivity contribution is 5.87. The summed E-state index contributed by atoms with van der Waals surface area (Å²) in [6.45, 7) is 0. The van der Waals surface area contributed by atoms with Crippen molar-refractivity contribution in [2.75, 3.05) is 12.8 Å². The Labute approximate surface area is 119 Å². The predicted octanol–water partition coefficient (Wildman–Crippen LogP) is 2.25. The number of aromatic nitrogens is 1. The summed E-state index contributed by atoms with van der Waals surface area (Å²) < 4.78 is 23.4. The smallest absolute Gasteiger partial charge is 0.356 e. The molecule has 0 fully saturated rings. The first-order valence-corrected chi connectivity index (χ1v) is 5.77. The molecule has 1 aromatic carbocycles. The first kappa shape index (κ1) is 14.3. The van der Waals surface area contributed by atoms with Crippen LogP contribution in [0.1, 0.15) is 16.1 Å². The van der Waals surface area contributed by atoms with Crippen molar-refractivity contribution >= 4 is 11.7 Å². The molecule has 2 rings (SSSR count). The van der Waals surface area contributed by atoms with Crippen molar-refractivity contribution < 1.29 is 18.7 Å². The molecule has 0 atom stereocenters. The largest absolute Gasteiger partial charge is 0.464 e. The van der Waals surface area contributed by atoms with E-state index in [0.29, 0.717) is 0 Å². The van der Waals surface area contributed by atoms with Crippen LogP contribution >= 0.6 is 0 Å². The van der Waals surface area contributed by atoms with Gasteiger partial charge in [-0.05, 0) is 24.3 Å². The number of nitrogen functional groups attached to an aromatic ring is 1. The fraction of sp³-hybridized carbons (Fsp3) is 0.0714. The fourth-order valence-electron chi connectivity index (χ4n) is 1.51. The van der Waals surface area contributed by atoms with E-state index in [9.17, 15) is 9.18 Å². The van der Waals surface area contributed by atoms with Crippen LogP contribution in [-0.2, 0) is 4.74 Å². The summed E-state index contributed by atoms with van der Waals surface area (Å²) in [6, 6.07) is 8.20. The second-order valence-corrected chi connectivity index (χ2v) is 3.94. The quantitative estimate of drug-likeness (QED) is 0.869. The fourth-order valence-corrected chi connectivity index (χ4v) is 1.51. The van der Waals surface area contributed by atoms with E-state index in [2.05, 4.69) is 9.72 Å². The maximum atomic E-state index is 13.5. The minimum Gasteiger partial charge on any atom is -0.464 e. The number of nitriles is 1. The first-order valence-electron chi connectivity index (χ1n) is 5.77. The Bertz CT molecular complexity index is 741. The van der Waals surface area contributed by atoms with Gasteiger partial charge in [0.15, 0.2) is 5.69 Å². The number of carbonyl (C=O) groups excluding carboxylic acids is 1. The number of esters is 1. The van der Waals surface area contributed by atoms with Crippen molar-refractivity contribution in [2.45, 2.75) is 0 Å². The zero-order valence-electron chi connectivity index (χ0n) is 11.0. The van der Waals surface area contributed by atoms with Gasteiger partial charge in [-0.1, -0.05) is 0 Å². The van der Waals surface area contributed by atoms with Gasteiger partial charge in [-0.25, -0.2) is 14.2 Å². The standard InChI is InChI=1S/C14H10FN3O3/c1-20-14(19)12-5-4-11(17)13(18-12)21-9-3-2-8(7-16)10(15)6-9/h2-6H,17H2,1H3. The Morgan fingerprint density at radius 1 is 1.38 bits per heavy atom. The number of hydrogen-bond donors (Lipinski definition) is 1. The van der Waals surface area contributed by atoms with Crippen LogP contribution in [0.5, 0.6) is 11.6 Å². The lowest BCUT2D eigenvalue weighted by Gasteiger charge is -2.09. The van der Waals surface area contributed by atoms with E-state index in [1.54, 1.807) is 6.07 Å². The minimum atomic E-state index is -0.724. The molecule has 0 saturated heterocycles. The molecule has 6 nitrogen and oxygen atoms in total. The predicted molar refractivity (Wildman–Crippen MR) is 71.2 cm³/mol. The number of anilines is 1. The number of pyridine rings is 1. The molecule has 2 aromatic rings. The lowest BCUT2D eigenvalue weighted by atomic mass is 10.2. The van der Waals surface area contributed by atoms with Crippen molar-refractivity contribution in [3.8, 4) is 17.7 Å². The molecule has 106 valence electrons. The first-order chi connectivity index (χ1) is 10.0. The summed E-state index contributed by atoms with van der Waals surface area (Å²) in [5.74, 6) is -1.32. The Balaban J connectivity index is 2.33. The van der Waals surface area contributed by atoms with E-state index in [-0.39, 0.29) is 28.6 Å². The van der Waals surface area contributed by atoms with Crippen LogP contribution in [0.4, 0.5) is 10.1 Å². The Morgan fingerprint density at radius 2 is 2.14 bits per heavy atom. The molecule has 1 heterocycles. The van der Waals surface area contributed by atoms with Crippen LogP contribution < -0.4 is 10.5 Å². The average molecular weight is 287 g/mol. The molecule has 7 heteroatoms. The maximum Gasteiger partial charge on any atom is 0.356 e. The van der Waals surface area contributed by atoms with E-state index in [1.165, 1.54) is 31.4 Å². The third-order valence-corrected chi connectivity index (χ3v) is 2.56. The average Bonchev–Trinajstić information content (AvgIpc) is 2.49. The highest BCUT2D eigenvalue weighted by Crippen LogP contribution is 2.26. The van der Waals surface area contributed by atoms with Crippen molar-refractivity contribution in [1.82, 2.24) is 4.98 Å². The molecule has 0 saturated carbocycles. The van der Waals surface area contributed by atoms with E-state index >= 15 is 0 Å². The molecule has 0 unspecified atom stereocenters. The van der Waals surface area contributed by atoms with Gasteiger partial charge in [-0.15, -0.1) is 0 Å². The van der Waals surface area contributed by atoms with Crippen molar-refractivity contribution in [3.63, 3.8) is 0 Å². The van der Waals surface area contributed by atoms with Crippen LogP contribution in [-0.4, -0.2) is 18.1 Å². The monoisotopic (exact) mass is 287 g/mol. The SMILES string of the molecule is COC(=O)c1ccc(N)c(Oc2ccc(C#N)c(F)c2)n1. The van der Waals surface area contributed by atoms with E-state index < -0.39 is 11.8 Å². The molecule has 21 heavy (non-hydrogen) atoms. The number of ether oxygens (including phenoxy) is 2. The van der Waals surface area contributed by atoms with Gasteiger partial charge in [0.05, 0.1) is 18.4 Å². The topological polar surface area (TPSA) is 98.2 Å². The molecule has 0 aliphatic rings. The number of hydrogen-bond acceptors (Lipinski definition) is 6. The number of nitrogens with two attached hydrogens (primary N) is 1. The Morgan fingerprint density at radius 3 is 2.76 bits per heavy atom. The lowest BCUT2D eigenvalue weighted by molar-refractivity contribution is 0.0593. The van der Waals surface area contributed by atoms with Gasteiger partial charge < -0.3 is 15.2 Å². The van der Waals surface area contributed by atoms with Gasteiger partial charge in [0.2, 0.25) is 5.88 Å². The Hall–Kier alpha value is -3.14. The highest BCUT2D eigenvalue weighted by atomic mass is 19.1. The van der Waals surface area contributed by atoms with Crippen LogP contribution in [0.3, 0.4) is 0 Å². The van der Waals surface area contributed by atoms with Crippen molar-refractivity contribution in [1.29, 1.82) is 5.26 Å². The van der Waals surface area contributed by atoms with Gasteiger partial charge in [0, 0.05) is 6.07 Å². The lowest BCUT2D eigenvalue weighted by Crippen LogP contribution is -2.06. The summed E-state index contributed by atoms with van der Waals surface area (Å²) in [5.41, 5.74) is 5.77. The molecule has 0 bridgehead atoms. The van der Waals surface area contributed by atoms with Gasteiger partial charge >= 0.3 is 5.97 Å². The molecule has 0 spiro atoms. The van der Waals surface area contributed by atoms with Crippen LogP contribution in [0.2, 0.25) is 0 Å². The van der Waals surface area contributed by atoms with E-state index in [4.69, 9.17) is 15.7 Å². The van der Waals surface area contributed by atoms with Gasteiger partial charge in [-0.2, -0.15) is 5.26 Å². The molecule has 1 aromatic heterocycles. The minimum absolute atomic E-state index is 0.0100. The van der Waals surface area contributed by atoms with Gasteiger partial charge in [0.1, 0.15) is 17.6 Å². The second-order valence-electron chi connectivity index (χ2n) is 3.94. The summed E-state index contributed by atoms with van der Waals surface area (Å²) in [5, 5.41) is 8.65. The van der Waals surface area contributed by atoms with Crippen LogP contribution in [0.15, 0.2) is 30.3 Å².